The summed E-state index contributed by atoms with van der Waals surface area (Å²) in [5.41, 5.74) is 5.27. The summed E-state index contributed by atoms with van der Waals surface area (Å²) in [5.74, 6) is -0.222. The number of carbonyl (C=O) groups is 1. The molecule has 0 radical (unpaired) electrons. The summed E-state index contributed by atoms with van der Waals surface area (Å²) in [6, 6.07) is 17.0. The average Bonchev–Trinajstić information content (AvgIpc) is 2.66. The van der Waals surface area contributed by atoms with Gasteiger partial charge in [-0.15, -0.1) is 0 Å². The third-order valence-corrected chi connectivity index (χ3v) is 5.23. The fourth-order valence-electron chi connectivity index (χ4n) is 3.06. The van der Waals surface area contributed by atoms with Gasteiger partial charge in [0.05, 0.1) is 5.69 Å². The Labute approximate surface area is 155 Å². The molecule has 134 valence electrons. The Kier molecular flexibility index (Phi) is 4.10. The summed E-state index contributed by atoms with van der Waals surface area (Å²) in [6.07, 6.45) is 3.20. The fourth-order valence-corrected chi connectivity index (χ4v) is 3.76. The number of benzene rings is 3. The van der Waals surface area contributed by atoms with Crippen LogP contribution in [0.15, 0.2) is 76.7 Å². The molecule has 1 aliphatic rings. The number of fused-ring (bicyclic) bond motifs is 2. The van der Waals surface area contributed by atoms with Gasteiger partial charge in [-0.3, -0.25) is 14.8 Å². The molecule has 27 heavy (non-hydrogen) atoms. The molecule has 0 aliphatic heterocycles. The number of rotatable bonds is 3. The van der Waals surface area contributed by atoms with Crippen molar-refractivity contribution in [3.05, 3.63) is 77.9 Å². The molecule has 0 fully saturated rings. The second-order valence-corrected chi connectivity index (χ2v) is 7.38. The third kappa shape index (κ3) is 3.14. The van der Waals surface area contributed by atoms with Crippen LogP contribution in [0.25, 0.3) is 16.8 Å². The molecule has 0 amide bonds. The normalized spacial score (nSPS) is 15.1. The number of hydrogen-bond donors (Lipinski definition) is 2. The second kappa shape index (κ2) is 6.46. The van der Waals surface area contributed by atoms with Crippen molar-refractivity contribution in [1.82, 2.24) is 0 Å². The third-order valence-electron chi connectivity index (χ3n) is 4.31. The van der Waals surface area contributed by atoms with Crippen LogP contribution in [0.2, 0.25) is 0 Å². The van der Waals surface area contributed by atoms with Crippen molar-refractivity contribution in [2.45, 2.75) is 4.90 Å². The Balaban J connectivity index is 1.81. The highest BCUT2D eigenvalue weighted by molar-refractivity contribution is 7.86. The standard InChI is InChI=1S/C20H14N2O4S/c23-18-11-9-13-5-1-2-6-14(13)20(18)22-21-17-10-12-19(27(24,25)26)16-8-4-3-7-15(16)17/h1-12,21H,(H,24,25,26)/b22-20-. The molecule has 0 spiro atoms. The van der Waals surface area contributed by atoms with Crippen LogP contribution in [0, 0.1) is 0 Å². The maximum Gasteiger partial charge on any atom is 0.295 e. The van der Waals surface area contributed by atoms with Gasteiger partial charge in [0.25, 0.3) is 10.1 Å². The zero-order chi connectivity index (χ0) is 19.0. The topological polar surface area (TPSA) is 95.8 Å². The molecule has 6 nitrogen and oxygen atoms in total. The molecule has 0 saturated carbocycles. The molecule has 7 heteroatoms. The van der Waals surface area contributed by atoms with Gasteiger partial charge in [-0.1, -0.05) is 54.6 Å². The zero-order valence-corrected chi connectivity index (χ0v) is 14.8. The van der Waals surface area contributed by atoms with Gasteiger partial charge in [0.15, 0.2) is 0 Å². The molecule has 0 atom stereocenters. The Morgan fingerprint density at radius 3 is 2.33 bits per heavy atom. The van der Waals surface area contributed by atoms with Gasteiger partial charge in [-0.2, -0.15) is 13.5 Å². The van der Waals surface area contributed by atoms with Crippen LogP contribution in [0.4, 0.5) is 5.69 Å². The van der Waals surface area contributed by atoms with Crippen LogP contribution in [-0.4, -0.2) is 24.5 Å². The first-order chi connectivity index (χ1) is 12.9. The van der Waals surface area contributed by atoms with E-state index in [1.165, 1.54) is 18.2 Å². The predicted molar refractivity (Wildman–Crippen MR) is 104 cm³/mol. The van der Waals surface area contributed by atoms with E-state index in [0.717, 1.165) is 11.1 Å². The van der Waals surface area contributed by atoms with Gasteiger partial charge in [0.2, 0.25) is 5.78 Å². The lowest BCUT2D eigenvalue weighted by Gasteiger charge is -2.13. The van der Waals surface area contributed by atoms with Crippen LogP contribution in [0.5, 0.6) is 0 Å². The summed E-state index contributed by atoms with van der Waals surface area (Å²) in [5, 5.41) is 5.19. The summed E-state index contributed by atoms with van der Waals surface area (Å²) in [6.45, 7) is 0. The largest absolute Gasteiger partial charge is 0.295 e. The number of ketones is 1. The van der Waals surface area contributed by atoms with Gasteiger partial charge in [-0.05, 0) is 23.8 Å². The van der Waals surface area contributed by atoms with Gasteiger partial charge >= 0.3 is 0 Å². The lowest BCUT2D eigenvalue weighted by Crippen LogP contribution is -2.19. The Bertz CT molecular complexity index is 1240. The van der Waals surface area contributed by atoms with E-state index < -0.39 is 10.1 Å². The predicted octanol–water partition coefficient (Wildman–Crippen LogP) is 3.50. The van der Waals surface area contributed by atoms with Crippen molar-refractivity contribution < 1.29 is 17.8 Å². The zero-order valence-electron chi connectivity index (χ0n) is 14.0. The number of nitrogens with one attached hydrogen (secondary N) is 1. The lowest BCUT2D eigenvalue weighted by molar-refractivity contribution is -0.108. The number of hydrazone groups is 1. The maximum absolute atomic E-state index is 12.3. The van der Waals surface area contributed by atoms with Gasteiger partial charge in [0, 0.05) is 16.3 Å². The summed E-state index contributed by atoms with van der Waals surface area (Å²) in [4.78, 5) is 12.1. The average molecular weight is 378 g/mol. The highest BCUT2D eigenvalue weighted by Gasteiger charge is 2.19. The first-order valence-corrected chi connectivity index (χ1v) is 9.54. The molecule has 0 saturated heterocycles. The quantitative estimate of drug-likeness (QED) is 0.537. The SMILES string of the molecule is O=C1C=Cc2ccccc2/C1=N/Nc1ccc(S(=O)(=O)O)c2ccccc12. The first-order valence-electron chi connectivity index (χ1n) is 8.10. The maximum atomic E-state index is 12.3. The van der Waals surface area contributed by atoms with Crippen LogP contribution < -0.4 is 5.43 Å². The molecule has 0 unspecified atom stereocenters. The Hall–Kier alpha value is -3.29. The highest BCUT2D eigenvalue weighted by atomic mass is 32.2. The number of allylic oxidation sites excluding steroid dienone is 1. The van der Waals surface area contributed by atoms with Crippen molar-refractivity contribution in [1.29, 1.82) is 0 Å². The summed E-state index contributed by atoms with van der Waals surface area (Å²) >= 11 is 0. The minimum atomic E-state index is -4.36. The molecule has 1 aliphatic carbocycles. The van der Waals surface area contributed by atoms with Crippen molar-refractivity contribution in [2.24, 2.45) is 5.10 Å². The molecule has 3 aromatic rings. The van der Waals surface area contributed by atoms with E-state index in [-0.39, 0.29) is 16.4 Å². The minimum absolute atomic E-state index is 0.182. The monoisotopic (exact) mass is 378 g/mol. The number of carbonyl (C=O) groups excluding carboxylic acids is 1. The van der Waals surface area contributed by atoms with E-state index in [2.05, 4.69) is 10.5 Å². The van der Waals surface area contributed by atoms with Crippen molar-refractivity contribution in [3.8, 4) is 0 Å². The smallest absolute Gasteiger partial charge is 0.287 e. The molecule has 0 bridgehead atoms. The van der Waals surface area contributed by atoms with Crippen molar-refractivity contribution >= 4 is 44.1 Å². The summed E-state index contributed by atoms with van der Waals surface area (Å²) in [7, 11) is -4.36. The van der Waals surface area contributed by atoms with E-state index in [0.29, 0.717) is 16.5 Å². The van der Waals surface area contributed by atoms with Crippen LogP contribution in [0.3, 0.4) is 0 Å². The van der Waals surface area contributed by atoms with Gasteiger partial charge < -0.3 is 0 Å². The number of anilines is 1. The van der Waals surface area contributed by atoms with Crippen molar-refractivity contribution in [3.63, 3.8) is 0 Å². The summed E-state index contributed by atoms with van der Waals surface area (Å²) < 4.78 is 32.6. The molecule has 3 aromatic carbocycles. The minimum Gasteiger partial charge on any atom is -0.287 e. The van der Waals surface area contributed by atoms with Crippen molar-refractivity contribution in [2.75, 3.05) is 5.43 Å². The van der Waals surface area contributed by atoms with Crippen LogP contribution in [-0.2, 0) is 14.9 Å². The van der Waals surface area contributed by atoms with Crippen LogP contribution in [0.1, 0.15) is 11.1 Å². The van der Waals surface area contributed by atoms with E-state index in [1.807, 2.05) is 24.3 Å². The van der Waals surface area contributed by atoms with Gasteiger partial charge in [0.1, 0.15) is 10.6 Å². The van der Waals surface area contributed by atoms with E-state index in [1.54, 1.807) is 30.3 Å². The first kappa shape index (κ1) is 17.1. The Morgan fingerprint density at radius 1 is 0.852 bits per heavy atom. The molecule has 4 rings (SSSR count). The molecule has 2 N–H and O–H groups in total. The number of nitrogens with zero attached hydrogens (tertiary/aromatic N) is 1. The fraction of sp³-hybridized carbons (Fsp3) is 0. The van der Waals surface area contributed by atoms with E-state index in [4.69, 9.17) is 0 Å². The molecule has 0 aromatic heterocycles. The molecule has 0 heterocycles. The molecular formula is C20H14N2O4S. The Morgan fingerprint density at radius 2 is 1.56 bits per heavy atom. The van der Waals surface area contributed by atoms with E-state index in [9.17, 15) is 17.8 Å². The van der Waals surface area contributed by atoms with Gasteiger partial charge in [-0.25, -0.2) is 0 Å². The number of hydrogen-bond acceptors (Lipinski definition) is 5. The highest BCUT2D eigenvalue weighted by Crippen LogP contribution is 2.29. The second-order valence-electron chi connectivity index (χ2n) is 5.99. The van der Waals surface area contributed by atoms with Crippen LogP contribution >= 0.6 is 0 Å². The molecular weight excluding hydrogens is 364 g/mol. The van der Waals surface area contributed by atoms with E-state index >= 15 is 0 Å². The lowest BCUT2D eigenvalue weighted by atomic mass is 9.95.